The Morgan fingerprint density at radius 2 is 2.17 bits per heavy atom. The molecule has 0 radical (unpaired) electrons. The van der Waals surface area contributed by atoms with Gasteiger partial charge in [0.2, 0.25) is 11.8 Å². The van der Waals surface area contributed by atoms with Crippen molar-refractivity contribution < 1.29 is 17.9 Å². The van der Waals surface area contributed by atoms with E-state index in [1.807, 2.05) is 0 Å². The van der Waals surface area contributed by atoms with Gasteiger partial charge in [-0.1, -0.05) is 0 Å². The van der Waals surface area contributed by atoms with E-state index in [9.17, 15) is 8.42 Å². The Morgan fingerprint density at radius 1 is 1.39 bits per heavy atom. The van der Waals surface area contributed by atoms with Gasteiger partial charge in [-0.05, 0) is 45.3 Å². The minimum absolute atomic E-state index is 0.0186. The first-order chi connectivity index (χ1) is 11.0. The maximum absolute atomic E-state index is 12.3. The monoisotopic (exact) mass is 337 g/mol. The first-order valence-corrected chi connectivity index (χ1v) is 9.29. The second kappa shape index (κ2) is 5.17. The maximum Gasteiger partial charge on any atom is 0.287 e. The largest absolute Gasteiger partial charge is 0.476 e. The van der Waals surface area contributed by atoms with Gasteiger partial charge in [0, 0.05) is 12.1 Å². The number of hydrogen-bond acceptors (Lipinski definition) is 6. The van der Waals surface area contributed by atoms with E-state index in [1.54, 1.807) is 6.92 Å². The Balaban J connectivity index is 1.60. The molecule has 2 fully saturated rings. The zero-order chi connectivity index (χ0) is 16.1. The van der Waals surface area contributed by atoms with E-state index in [1.165, 1.54) is 18.7 Å². The fourth-order valence-corrected chi connectivity index (χ4v) is 3.71. The van der Waals surface area contributed by atoms with Crippen molar-refractivity contribution >= 4 is 16.2 Å². The first-order valence-electron chi connectivity index (χ1n) is 7.85. The molecular weight excluding hydrogens is 318 g/mol. The standard InChI is InChI=1S/C15H19N3O4S/c1-11-9-12-14(17-13(11)21-8-7-18-5-2-6-18)22-15(3-4-15)10-16-23(12,19)20/h9-10H,2-8H2,1H3. The van der Waals surface area contributed by atoms with Gasteiger partial charge in [-0.15, -0.1) is 0 Å². The summed E-state index contributed by atoms with van der Waals surface area (Å²) in [6.45, 7) is 5.39. The molecule has 0 bridgehead atoms. The van der Waals surface area contributed by atoms with Gasteiger partial charge in [-0.3, -0.25) is 4.90 Å². The van der Waals surface area contributed by atoms with E-state index in [0.717, 1.165) is 32.5 Å². The van der Waals surface area contributed by atoms with Crippen LogP contribution in [0.3, 0.4) is 0 Å². The number of nitrogens with zero attached hydrogens (tertiary/aromatic N) is 3. The van der Waals surface area contributed by atoms with Crippen molar-refractivity contribution in [1.82, 2.24) is 9.88 Å². The van der Waals surface area contributed by atoms with Crippen molar-refractivity contribution in [2.45, 2.75) is 36.7 Å². The molecule has 1 aromatic heterocycles. The van der Waals surface area contributed by atoms with Crippen LogP contribution in [-0.2, 0) is 10.0 Å². The summed E-state index contributed by atoms with van der Waals surface area (Å²) in [6, 6.07) is 1.54. The molecular formula is C15H19N3O4S. The van der Waals surface area contributed by atoms with E-state index in [0.29, 0.717) is 18.1 Å². The van der Waals surface area contributed by atoms with Gasteiger partial charge >= 0.3 is 0 Å². The molecule has 0 unspecified atom stereocenters. The number of rotatable bonds is 4. The summed E-state index contributed by atoms with van der Waals surface area (Å²) in [4.78, 5) is 6.64. The summed E-state index contributed by atoms with van der Waals surface area (Å²) in [5.41, 5.74) is 0.0663. The van der Waals surface area contributed by atoms with Crippen LogP contribution in [0.15, 0.2) is 15.4 Å². The van der Waals surface area contributed by atoms with Crippen molar-refractivity contribution in [1.29, 1.82) is 0 Å². The van der Waals surface area contributed by atoms with Gasteiger partial charge in [-0.25, -0.2) is 0 Å². The lowest BCUT2D eigenvalue weighted by Gasteiger charge is -2.30. The fraction of sp³-hybridized carbons (Fsp3) is 0.600. The highest BCUT2D eigenvalue weighted by molar-refractivity contribution is 7.90. The second-order valence-corrected chi connectivity index (χ2v) is 7.93. The number of pyridine rings is 1. The number of sulfonamides is 1. The average Bonchev–Trinajstić information content (AvgIpc) is 3.23. The molecule has 7 nitrogen and oxygen atoms in total. The second-order valence-electron chi connectivity index (χ2n) is 6.33. The molecule has 0 aromatic carbocycles. The lowest BCUT2D eigenvalue weighted by molar-refractivity contribution is 0.143. The average molecular weight is 337 g/mol. The molecule has 1 aliphatic carbocycles. The molecule has 1 aromatic rings. The van der Waals surface area contributed by atoms with E-state index >= 15 is 0 Å². The van der Waals surface area contributed by atoms with Gasteiger partial charge in [0.1, 0.15) is 12.2 Å². The fourth-order valence-electron chi connectivity index (χ4n) is 2.63. The molecule has 3 aliphatic rings. The van der Waals surface area contributed by atoms with E-state index in [-0.39, 0.29) is 10.8 Å². The van der Waals surface area contributed by atoms with Gasteiger partial charge in [0.15, 0.2) is 4.90 Å². The molecule has 3 heterocycles. The predicted molar refractivity (Wildman–Crippen MR) is 83.8 cm³/mol. The summed E-state index contributed by atoms with van der Waals surface area (Å²) in [5, 5.41) is 0. The summed E-state index contributed by atoms with van der Waals surface area (Å²) in [5.74, 6) is 0.529. The van der Waals surface area contributed by atoms with Crippen LogP contribution in [0.1, 0.15) is 24.8 Å². The Bertz CT molecular complexity index is 767. The molecule has 23 heavy (non-hydrogen) atoms. The molecule has 4 rings (SSSR count). The molecule has 0 amide bonds. The lowest BCUT2D eigenvalue weighted by Crippen LogP contribution is -2.39. The number of aromatic nitrogens is 1. The van der Waals surface area contributed by atoms with Crippen LogP contribution in [0, 0.1) is 6.92 Å². The van der Waals surface area contributed by atoms with Crippen LogP contribution < -0.4 is 9.47 Å². The third kappa shape index (κ3) is 2.81. The van der Waals surface area contributed by atoms with Gasteiger partial charge < -0.3 is 9.47 Å². The number of fused-ring (bicyclic) bond motifs is 1. The highest BCUT2D eigenvalue weighted by Crippen LogP contribution is 2.43. The topological polar surface area (TPSA) is 81.1 Å². The molecule has 1 spiro atoms. The Labute approximate surface area is 135 Å². The van der Waals surface area contributed by atoms with Crippen molar-refractivity contribution in [3.05, 3.63) is 11.6 Å². The van der Waals surface area contributed by atoms with E-state index < -0.39 is 15.6 Å². The normalized spacial score (nSPS) is 23.5. The maximum atomic E-state index is 12.3. The third-order valence-corrected chi connectivity index (χ3v) is 5.67. The van der Waals surface area contributed by atoms with Gasteiger partial charge in [-0.2, -0.15) is 17.8 Å². The Morgan fingerprint density at radius 3 is 2.83 bits per heavy atom. The lowest BCUT2D eigenvalue weighted by atomic mass is 10.2. The minimum Gasteiger partial charge on any atom is -0.476 e. The van der Waals surface area contributed by atoms with E-state index in [4.69, 9.17) is 9.47 Å². The molecule has 1 saturated heterocycles. The van der Waals surface area contributed by atoms with Crippen molar-refractivity contribution in [3.8, 4) is 11.8 Å². The van der Waals surface area contributed by atoms with Crippen molar-refractivity contribution in [2.24, 2.45) is 4.40 Å². The number of ether oxygens (including phenoxy) is 2. The van der Waals surface area contributed by atoms with Crippen LogP contribution in [0.4, 0.5) is 0 Å². The number of aryl methyl sites for hydroxylation is 1. The first kappa shape index (κ1) is 14.9. The molecule has 8 heteroatoms. The van der Waals surface area contributed by atoms with Crippen LogP contribution >= 0.6 is 0 Å². The Hall–Kier alpha value is -1.67. The van der Waals surface area contributed by atoms with Crippen molar-refractivity contribution in [3.63, 3.8) is 0 Å². The highest BCUT2D eigenvalue weighted by atomic mass is 32.2. The smallest absolute Gasteiger partial charge is 0.287 e. The van der Waals surface area contributed by atoms with Crippen LogP contribution in [0.25, 0.3) is 0 Å². The SMILES string of the molecule is Cc1cc2c(nc1OCCN1CCC1)OC1(C=NS2(=O)=O)CC1. The minimum atomic E-state index is -3.76. The summed E-state index contributed by atoms with van der Waals surface area (Å²) in [7, 11) is -3.76. The van der Waals surface area contributed by atoms with Gasteiger partial charge in [0.25, 0.3) is 10.0 Å². The molecule has 124 valence electrons. The molecule has 1 saturated carbocycles. The quantitative estimate of drug-likeness (QED) is 0.820. The third-order valence-electron chi connectivity index (χ3n) is 4.44. The molecule has 2 aliphatic heterocycles. The zero-order valence-electron chi connectivity index (χ0n) is 13.0. The van der Waals surface area contributed by atoms with Crippen LogP contribution in [0.5, 0.6) is 11.8 Å². The van der Waals surface area contributed by atoms with Crippen LogP contribution in [0.2, 0.25) is 0 Å². The molecule has 0 atom stereocenters. The number of likely N-dealkylation sites (tertiary alicyclic amines) is 1. The highest BCUT2D eigenvalue weighted by Gasteiger charge is 2.48. The Kier molecular flexibility index (Phi) is 3.35. The van der Waals surface area contributed by atoms with Crippen LogP contribution in [-0.4, -0.2) is 56.4 Å². The van der Waals surface area contributed by atoms with Gasteiger partial charge in [0.05, 0.1) is 6.21 Å². The summed E-state index contributed by atoms with van der Waals surface area (Å²) >= 11 is 0. The van der Waals surface area contributed by atoms with E-state index in [2.05, 4.69) is 14.3 Å². The van der Waals surface area contributed by atoms with Crippen molar-refractivity contribution in [2.75, 3.05) is 26.2 Å². The summed E-state index contributed by atoms with van der Waals surface area (Å²) in [6.07, 6.45) is 4.14. The number of hydrogen-bond donors (Lipinski definition) is 0. The predicted octanol–water partition coefficient (Wildman–Crippen LogP) is 1.16. The molecule has 0 N–H and O–H groups in total. The zero-order valence-corrected chi connectivity index (χ0v) is 13.8. The summed E-state index contributed by atoms with van der Waals surface area (Å²) < 4.78 is 39.8.